The molecule has 0 bridgehead atoms. The summed E-state index contributed by atoms with van der Waals surface area (Å²) in [6.45, 7) is 4.29. The van der Waals surface area contributed by atoms with Crippen molar-refractivity contribution in [1.29, 1.82) is 0 Å². The Morgan fingerprint density at radius 1 is 1.16 bits per heavy atom. The van der Waals surface area contributed by atoms with E-state index in [1.54, 1.807) is 34.9 Å². The quantitative estimate of drug-likeness (QED) is 0.475. The van der Waals surface area contributed by atoms with E-state index in [2.05, 4.69) is 0 Å². The van der Waals surface area contributed by atoms with Crippen LogP contribution in [0.5, 0.6) is 0 Å². The van der Waals surface area contributed by atoms with Crippen LogP contribution in [0.1, 0.15) is 25.3 Å². The van der Waals surface area contributed by atoms with Gasteiger partial charge in [-0.05, 0) is 37.1 Å². The Kier molecular flexibility index (Phi) is 8.03. The molecule has 0 N–H and O–H groups in total. The van der Waals surface area contributed by atoms with Gasteiger partial charge in [0, 0.05) is 39.1 Å². The SMILES string of the molecule is CCOC(=O)N1CCN(C(=O)CCCN2C(=O)/C(=C/c3ccc(F)cc3)SC2=S)CC1. The van der Waals surface area contributed by atoms with E-state index in [-0.39, 0.29) is 23.7 Å². The summed E-state index contributed by atoms with van der Waals surface area (Å²) in [5.74, 6) is -0.540. The first kappa shape index (κ1) is 23.2. The maximum absolute atomic E-state index is 13.1. The molecular weight excluding hydrogens is 441 g/mol. The van der Waals surface area contributed by atoms with Crippen LogP contribution in [0, 0.1) is 5.82 Å². The van der Waals surface area contributed by atoms with Crippen LogP contribution < -0.4 is 0 Å². The Morgan fingerprint density at radius 2 is 1.81 bits per heavy atom. The average Bonchev–Trinajstić information content (AvgIpc) is 3.03. The Labute approximate surface area is 190 Å². The van der Waals surface area contributed by atoms with Crippen molar-refractivity contribution in [2.45, 2.75) is 19.8 Å². The normalized spacial score (nSPS) is 18.1. The van der Waals surface area contributed by atoms with E-state index in [0.717, 1.165) is 5.56 Å². The third-order valence-corrected chi connectivity index (χ3v) is 6.35. The van der Waals surface area contributed by atoms with E-state index < -0.39 is 0 Å². The second-order valence-corrected chi connectivity index (χ2v) is 8.73. The average molecular weight is 466 g/mol. The lowest BCUT2D eigenvalue weighted by molar-refractivity contribution is -0.133. The van der Waals surface area contributed by atoms with Crippen LogP contribution in [0.3, 0.4) is 0 Å². The molecule has 2 fully saturated rings. The molecule has 166 valence electrons. The second-order valence-electron chi connectivity index (χ2n) is 7.06. The maximum atomic E-state index is 13.1. The van der Waals surface area contributed by atoms with Crippen LogP contribution in [0.4, 0.5) is 9.18 Å². The van der Waals surface area contributed by atoms with Crippen LogP contribution in [0.25, 0.3) is 6.08 Å². The maximum Gasteiger partial charge on any atom is 0.409 e. The van der Waals surface area contributed by atoms with Gasteiger partial charge in [-0.15, -0.1) is 0 Å². The largest absolute Gasteiger partial charge is 0.450 e. The van der Waals surface area contributed by atoms with Crippen LogP contribution in [-0.2, 0) is 14.3 Å². The molecule has 0 saturated carbocycles. The summed E-state index contributed by atoms with van der Waals surface area (Å²) in [7, 11) is 0. The predicted octanol–water partition coefficient (Wildman–Crippen LogP) is 3.11. The molecule has 0 radical (unpaired) electrons. The molecule has 0 aromatic heterocycles. The highest BCUT2D eigenvalue weighted by Crippen LogP contribution is 2.32. The summed E-state index contributed by atoms with van der Waals surface area (Å²) in [4.78, 5) is 42.2. The zero-order valence-corrected chi connectivity index (χ0v) is 18.8. The Morgan fingerprint density at radius 3 is 2.45 bits per heavy atom. The van der Waals surface area contributed by atoms with Crippen molar-refractivity contribution < 1.29 is 23.5 Å². The standard InChI is InChI=1S/C21H24FN3O4S2/c1-2-29-20(28)24-12-10-23(11-13-24)18(26)4-3-9-25-19(27)17(31-21(25)30)14-15-5-7-16(22)8-6-15/h5-8,14H,2-4,9-13H2,1H3/b17-14-. The number of hydrogen-bond donors (Lipinski definition) is 0. The number of benzene rings is 1. The number of thioether (sulfide) groups is 1. The summed E-state index contributed by atoms with van der Waals surface area (Å²) in [6, 6.07) is 5.87. The fraction of sp³-hybridized carbons (Fsp3) is 0.429. The first-order chi connectivity index (χ1) is 14.9. The van der Waals surface area contributed by atoms with Crippen LogP contribution in [0.2, 0.25) is 0 Å². The number of ether oxygens (including phenoxy) is 1. The van der Waals surface area contributed by atoms with Crippen molar-refractivity contribution in [2.75, 3.05) is 39.3 Å². The fourth-order valence-corrected chi connectivity index (χ4v) is 4.61. The van der Waals surface area contributed by atoms with Crippen molar-refractivity contribution in [3.63, 3.8) is 0 Å². The molecule has 10 heteroatoms. The highest BCUT2D eigenvalue weighted by atomic mass is 32.2. The summed E-state index contributed by atoms with van der Waals surface area (Å²) < 4.78 is 18.5. The van der Waals surface area contributed by atoms with Crippen LogP contribution in [0.15, 0.2) is 29.2 Å². The lowest BCUT2D eigenvalue weighted by Gasteiger charge is -2.34. The molecule has 0 unspecified atom stereocenters. The first-order valence-electron chi connectivity index (χ1n) is 10.1. The van der Waals surface area contributed by atoms with Crippen molar-refractivity contribution >= 4 is 52.3 Å². The first-order valence-corrected chi connectivity index (χ1v) is 11.3. The van der Waals surface area contributed by atoms with Gasteiger partial charge in [0.15, 0.2) is 0 Å². The van der Waals surface area contributed by atoms with Gasteiger partial charge in [0.1, 0.15) is 10.1 Å². The van der Waals surface area contributed by atoms with E-state index in [0.29, 0.717) is 61.4 Å². The molecule has 1 aromatic carbocycles. The predicted molar refractivity (Wildman–Crippen MR) is 121 cm³/mol. The molecule has 3 amide bonds. The Balaban J connectivity index is 1.45. The smallest absolute Gasteiger partial charge is 0.409 e. The molecule has 1 aromatic rings. The third kappa shape index (κ3) is 6.04. The molecular formula is C21H24FN3O4S2. The van der Waals surface area contributed by atoms with Gasteiger partial charge in [-0.2, -0.15) is 0 Å². The number of nitrogens with zero attached hydrogens (tertiary/aromatic N) is 3. The van der Waals surface area contributed by atoms with Crippen molar-refractivity contribution in [2.24, 2.45) is 0 Å². The van der Waals surface area contributed by atoms with E-state index in [4.69, 9.17) is 17.0 Å². The zero-order valence-electron chi connectivity index (χ0n) is 17.2. The molecule has 2 saturated heterocycles. The van der Waals surface area contributed by atoms with Gasteiger partial charge >= 0.3 is 6.09 Å². The molecule has 0 atom stereocenters. The Hall–Kier alpha value is -2.46. The molecule has 0 aliphatic carbocycles. The topological polar surface area (TPSA) is 70.2 Å². The lowest BCUT2D eigenvalue weighted by Crippen LogP contribution is -2.50. The van der Waals surface area contributed by atoms with Gasteiger partial charge in [-0.1, -0.05) is 36.1 Å². The van der Waals surface area contributed by atoms with Gasteiger partial charge < -0.3 is 14.5 Å². The van der Waals surface area contributed by atoms with Crippen LogP contribution in [-0.4, -0.2) is 76.3 Å². The third-order valence-electron chi connectivity index (χ3n) is 4.97. The van der Waals surface area contributed by atoms with E-state index in [1.165, 1.54) is 28.8 Å². The summed E-state index contributed by atoms with van der Waals surface area (Å²) in [5, 5.41) is 0. The number of amides is 3. The number of carbonyl (C=O) groups excluding carboxylic acids is 3. The Bertz CT molecular complexity index is 883. The number of thiocarbonyl (C=S) groups is 1. The summed E-state index contributed by atoms with van der Waals surface area (Å²) in [6.07, 6.45) is 2.13. The van der Waals surface area contributed by atoms with Crippen molar-refractivity contribution in [3.05, 3.63) is 40.6 Å². The molecule has 2 aliphatic rings. The summed E-state index contributed by atoms with van der Waals surface area (Å²) in [5.41, 5.74) is 0.721. The lowest BCUT2D eigenvalue weighted by atomic mass is 10.2. The highest BCUT2D eigenvalue weighted by Gasteiger charge is 2.32. The van der Waals surface area contributed by atoms with Crippen molar-refractivity contribution in [1.82, 2.24) is 14.7 Å². The molecule has 7 nitrogen and oxygen atoms in total. The molecule has 2 heterocycles. The summed E-state index contributed by atoms with van der Waals surface area (Å²) >= 11 is 6.52. The monoisotopic (exact) mass is 465 g/mol. The van der Waals surface area contributed by atoms with Crippen molar-refractivity contribution in [3.8, 4) is 0 Å². The number of carbonyl (C=O) groups is 3. The van der Waals surface area contributed by atoms with Gasteiger partial charge in [-0.25, -0.2) is 9.18 Å². The minimum absolute atomic E-state index is 0.00389. The molecule has 31 heavy (non-hydrogen) atoms. The van der Waals surface area contributed by atoms with E-state index in [1.807, 2.05) is 0 Å². The zero-order chi connectivity index (χ0) is 22.4. The fourth-order valence-electron chi connectivity index (χ4n) is 3.30. The van der Waals surface area contributed by atoms with Gasteiger partial charge in [-0.3, -0.25) is 14.5 Å². The number of rotatable bonds is 6. The number of piperazine rings is 1. The number of halogens is 1. The molecule has 0 spiro atoms. The molecule has 3 rings (SSSR count). The second kappa shape index (κ2) is 10.7. The molecule has 2 aliphatic heterocycles. The van der Waals surface area contributed by atoms with Gasteiger partial charge in [0.25, 0.3) is 5.91 Å². The minimum atomic E-state index is -0.349. The van der Waals surface area contributed by atoms with E-state index >= 15 is 0 Å². The van der Waals surface area contributed by atoms with Crippen LogP contribution >= 0.6 is 24.0 Å². The van der Waals surface area contributed by atoms with Gasteiger partial charge in [0.2, 0.25) is 5.91 Å². The van der Waals surface area contributed by atoms with Gasteiger partial charge in [0.05, 0.1) is 11.5 Å². The minimum Gasteiger partial charge on any atom is -0.450 e. The number of hydrogen-bond acceptors (Lipinski definition) is 6. The highest BCUT2D eigenvalue weighted by molar-refractivity contribution is 8.26. The van der Waals surface area contributed by atoms with E-state index in [9.17, 15) is 18.8 Å².